The van der Waals surface area contributed by atoms with Gasteiger partial charge in [0.2, 0.25) is 0 Å². The van der Waals surface area contributed by atoms with E-state index in [-0.39, 0.29) is 6.61 Å². The zero-order chi connectivity index (χ0) is 11.0. The van der Waals surface area contributed by atoms with E-state index in [1.165, 1.54) is 25.2 Å². The minimum Gasteiger partial charge on any atom is -0.395 e. The lowest BCUT2D eigenvalue weighted by Gasteiger charge is -2.21. The number of aryl methyl sites for hydroxylation is 1. The Bertz CT molecular complexity index is 415. The van der Waals surface area contributed by atoms with Crippen LogP contribution in [0.1, 0.15) is 19.4 Å². The van der Waals surface area contributed by atoms with Gasteiger partial charge in [-0.05, 0) is 37.8 Å². The molecule has 0 aliphatic heterocycles. The van der Waals surface area contributed by atoms with Crippen LogP contribution in [0.15, 0.2) is 15.7 Å². The third-order valence-corrected chi connectivity index (χ3v) is 6.32. The van der Waals surface area contributed by atoms with Gasteiger partial charge in [0.1, 0.15) is 4.21 Å². The highest BCUT2D eigenvalue weighted by Gasteiger charge is 2.36. The van der Waals surface area contributed by atoms with Crippen molar-refractivity contribution in [3.8, 4) is 0 Å². The third kappa shape index (κ3) is 1.71. The molecule has 1 heterocycles. The fourth-order valence-electron chi connectivity index (χ4n) is 0.970. The SMILES string of the molecule is Cc1ccsc1S(=O)(=O)C(C)(C)CO. The number of hydrogen-bond acceptors (Lipinski definition) is 4. The predicted molar refractivity (Wildman–Crippen MR) is 57.4 cm³/mol. The van der Waals surface area contributed by atoms with Gasteiger partial charge in [-0.1, -0.05) is 0 Å². The number of aliphatic hydroxyl groups is 1. The van der Waals surface area contributed by atoms with Crippen LogP contribution in [0.5, 0.6) is 0 Å². The normalized spacial score (nSPS) is 13.1. The van der Waals surface area contributed by atoms with Crippen molar-refractivity contribution < 1.29 is 13.5 Å². The maximum absolute atomic E-state index is 12.0. The van der Waals surface area contributed by atoms with Crippen LogP contribution in [0.4, 0.5) is 0 Å². The standard InChI is InChI=1S/C9H14O3S2/c1-7-4-5-13-8(7)14(11,12)9(2,3)6-10/h4-5,10H,6H2,1-3H3. The molecule has 14 heavy (non-hydrogen) atoms. The highest BCUT2D eigenvalue weighted by molar-refractivity contribution is 7.94. The number of rotatable bonds is 3. The van der Waals surface area contributed by atoms with Crippen LogP contribution in [0, 0.1) is 6.92 Å². The van der Waals surface area contributed by atoms with Crippen LogP contribution in [-0.4, -0.2) is 24.9 Å². The molecule has 1 rings (SSSR count). The lowest BCUT2D eigenvalue weighted by atomic mass is 10.2. The average molecular weight is 234 g/mol. The van der Waals surface area contributed by atoms with Crippen LogP contribution >= 0.6 is 11.3 Å². The van der Waals surface area contributed by atoms with E-state index in [0.717, 1.165) is 5.56 Å². The van der Waals surface area contributed by atoms with Crippen LogP contribution in [0.2, 0.25) is 0 Å². The molecule has 0 unspecified atom stereocenters. The van der Waals surface area contributed by atoms with Crippen molar-refractivity contribution in [3.63, 3.8) is 0 Å². The number of hydrogen-bond donors (Lipinski definition) is 1. The molecule has 0 fully saturated rings. The predicted octanol–water partition coefficient (Wildman–Crippen LogP) is 1.60. The fraction of sp³-hybridized carbons (Fsp3) is 0.556. The highest BCUT2D eigenvalue weighted by Crippen LogP contribution is 2.31. The van der Waals surface area contributed by atoms with Crippen LogP contribution in [0.25, 0.3) is 0 Å². The lowest BCUT2D eigenvalue weighted by Crippen LogP contribution is -2.35. The van der Waals surface area contributed by atoms with Gasteiger partial charge < -0.3 is 5.11 Å². The maximum Gasteiger partial charge on any atom is 0.195 e. The van der Waals surface area contributed by atoms with E-state index >= 15 is 0 Å². The Morgan fingerprint density at radius 2 is 2.07 bits per heavy atom. The van der Waals surface area contributed by atoms with Gasteiger partial charge in [0.05, 0.1) is 11.4 Å². The summed E-state index contributed by atoms with van der Waals surface area (Å²) in [5.74, 6) is 0. The largest absolute Gasteiger partial charge is 0.395 e. The van der Waals surface area contributed by atoms with Crippen molar-refractivity contribution in [2.45, 2.75) is 29.7 Å². The molecular weight excluding hydrogens is 220 g/mol. The summed E-state index contributed by atoms with van der Waals surface area (Å²) in [4.78, 5) is 0. The monoisotopic (exact) mass is 234 g/mol. The van der Waals surface area contributed by atoms with Gasteiger partial charge in [-0.3, -0.25) is 0 Å². The first-order valence-corrected chi connectivity index (χ1v) is 6.59. The summed E-state index contributed by atoms with van der Waals surface area (Å²) < 4.78 is 23.3. The zero-order valence-corrected chi connectivity index (χ0v) is 10.1. The van der Waals surface area contributed by atoms with Gasteiger partial charge in [0, 0.05) is 0 Å². The minimum absolute atomic E-state index is 0.358. The first-order valence-electron chi connectivity index (χ1n) is 4.22. The minimum atomic E-state index is -3.41. The molecule has 0 radical (unpaired) electrons. The first kappa shape index (κ1) is 11.7. The number of thiophene rings is 1. The fourth-order valence-corrected chi connectivity index (χ4v) is 4.13. The molecule has 0 aliphatic carbocycles. The van der Waals surface area contributed by atoms with Crippen molar-refractivity contribution >= 4 is 21.2 Å². The molecule has 0 spiro atoms. The number of sulfone groups is 1. The average Bonchev–Trinajstić information content (AvgIpc) is 2.51. The zero-order valence-electron chi connectivity index (χ0n) is 8.44. The second kappa shape index (κ2) is 3.64. The number of aliphatic hydroxyl groups excluding tert-OH is 1. The van der Waals surface area contributed by atoms with Crippen molar-refractivity contribution in [1.82, 2.24) is 0 Å². The van der Waals surface area contributed by atoms with Crippen molar-refractivity contribution in [1.29, 1.82) is 0 Å². The third-order valence-electron chi connectivity index (χ3n) is 2.17. The molecule has 1 aromatic rings. The van der Waals surface area contributed by atoms with E-state index in [9.17, 15) is 8.42 Å². The molecule has 1 N–H and O–H groups in total. The quantitative estimate of drug-likeness (QED) is 0.864. The molecule has 0 saturated heterocycles. The van der Waals surface area contributed by atoms with Gasteiger partial charge in [-0.2, -0.15) is 0 Å². The summed E-state index contributed by atoms with van der Waals surface area (Å²) in [6.07, 6.45) is 0. The van der Waals surface area contributed by atoms with E-state index in [4.69, 9.17) is 5.11 Å². The topological polar surface area (TPSA) is 54.4 Å². The molecule has 0 bridgehead atoms. The van der Waals surface area contributed by atoms with Crippen molar-refractivity contribution in [2.75, 3.05) is 6.61 Å². The van der Waals surface area contributed by atoms with E-state index in [2.05, 4.69) is 0 Å². The Balaban J connectivity index is 3.30. The summed E-state index contributed by atoms with van der Waals surface area (Å²) in [5, 5.41) is 10.8. The van der Waals surface area contributed by atoms with E-state index in [0.29, 0.717) is 4.21 Å². The summed E-state index contributed by atoms with van der Waals surface area (Å²) in [7, 11) is -3.41. The molecule has 0 aromatic carbocycles. The van der Waals surface area contributed by atoms with E-state index in [1.54, 1.807) is 18.4 Å². The van der Waals surface area contributed by atoms with E-state index in [1.807, 2.05) is 0 Å². The molecule has 3 nitrogen and oxygen atoms in total. The lowest BCUT2D eigenvalue weighted by molar-refractivity contribution is 0.258. The van der Waals surface area contributed by atoms with Gasteiger partial charge in [0.15, 0.2) is 9.84 Å². The molecular formula is C9H14O3S2. The maximum atomic E-state index is 12.0. The second-order valence-electron chi connectivity index (χ2n) is 3.81. The van der Waals surface area contributed by atoms with Gasteiger partial charge in [0.25, 0.3) is 0 Å². The smallest absolute Gasteiger partial charge is 0.195 e. The van der Waals surface area contributed by atoms with Gasteiger partial charge in [-0.25, -0.2) is 8.42 Å². The van der Waals surface area contributed by atoms with Gasteiger partial charge >= 0.3 is 0 Å². The van der Waals surface area contributed by atoms with E-state index < -0.39 is 14.6 Å². The van der Waals surface area contributed by atoms with Gasteiger partial charge in [-0.15, -0.1) is 11.3 Å². The molecule has 80 valence electrons. The summed E-state index contributed by atoms with van der Waals surface area (Å²) in [6.45, 7) is 4.45. The Morgan fingerprint density at radius 3 is 2.43 bits per heavy atom. The Kier molecular flexibility index (Phi) is 3.04. The molecule has 0 saturated carbocycles. The summed E-state index contributed by atoms with van der Waals surface area (Å²) in [5.41, 5.74) is 0.747. The van der Waals surface area contributed by atoms with Crippen LogP contribution in [0.3, 0.4) is 0 Å². The summed E-state index contributed by atoms with van der Waals surface area (Å²) in [6, 6.07) is 1.77. The Morgan fingerprint density at radius 1 is 1.50 bits per heavy atom. The highest BCUT2D eigenvalue weighted by atomic mass is 32.2. The molecule has 5 heteroatoms. The molecule has 0 atom stereocenters. The molecule has 1 aromatic heterocycles. The first-order chi connectivity index (χ1) is 6.33. The second-order valence-corrected chi connectivity index (χ2v) is 7.51. The summed E-state index contributed by atoms with van der Waals surface area (Å²) >= 11 is 1.20. The van der Waals surface area contributed by atoms with Crippen LogP contribution in [-0.2, 0) is 9.84 Å². The van der Waals surface area contributed by atoms with Crippen molar-refractivity contribution in [3.05, 3.63) is 17.0 Å². The Hall–Kier alpha value is -0.390. The van der Waals surface area contributed by atoms with Crippen LogP contribution < -0.4 is 0 Å². The molecule has 0 aliphatic rings. The van der Waals surface area contributed by atoms with Crippen molar-refractivity contribution in [2.24, 2.45) is 0 Å². The Labute approximate surface area is 88.3 Å². The molecule has 0 amide bonds.